The second-order valence-electron chi connectivity index (χ2n) is 5.98. The summed E-state index contributed by atoms with van der Waals surface area (Å²) < 4.78 is 10.7. The molecule has 1 saturated heterocycles. The van der Waals surface area contributed by atoms with Crippen molar-refractivity contribution in [3.05, 3.63) is 65.4 Å². The lowest BCUT2D eigenvalue weighted by Crippen LogP contribution is -2.48. The van der Waals surface area contributed by atoms with Gasteiger partial charge in [0.15, 0.2) is 11.5 Å². The SMILES string of the molecule is O=C(NCc1ccc2c(c1)OCO2)[C@@H]1[CH]SCC(c2ccccc2)N1. The molecule has 0 aliphatic carbocycles. The van der Waals surface area contributed by atoms with Crippen molar-refractivity contribution in [3.63, 3.8) is 0 Å². The predicted molar refractivity (Wildman–Crippen MR) is 97.3 cm³/mol. The zero-order valence-corrected chi connectivity index (χ0v) is 14.4. The minimum Gasteiger partial charge on any atom is -0.454 e. The standard InChI is InChI=1S/C19H19N2O3S/c22-19(20-9-13-6-7-17-18(8-13)24-12-23-17)16-11-25-10-15(21-16)14-4-2-1-3-5-14/h1-8,11,15-16,21H,9-10,12H2,(H,20,22)/t15?,16-/m0/s1. The maximum absolute atomic E-state index is 12.5. The number of fused-ring (bicyclic) bond motifs is 1. The van der Waals surface area contributed by atoms with Crippen molar-refractivity contribution in [1.82, 2.24) is 10.6 Å². The smallest absolute Gasteiger partial charge is 0.238 e. The fraction of sp³-hybridized carbons (Fsp3) is 0.263. The van der Waals surface area contributed by atoms with Crippen molar-refractivity contribution in [3.8, 4) is 11.5 Å². The fourth-order valence-electron chi connectivity index (χ4n) is 2.92. The number of thioether (sulfide) groups is 1. The zero-order valence-electron chi connectivity index (χ0n) is 13.6. The first-order valence-corrected chi connectivity index (χ1v) is 9.26. The number of benzene rings is 2. The Kier molecular flexibility index (Phi) is 4.81. The number of hydrogen-bond donors (Lipinski definition) is 2. The second kappa shape index (κ2) is 7.37. The Bertz CT molecular complexity index is 754. The Hall–Kier alpha value is -2.18. The number of ether oxygens (including phenoxy) is 2. The van der Waals surface area contributed by atoms with E-state index in [1.807, 2.05) is 42.2 Å². The average molecular weight is 355 g/mol. The molecule has 1 fully saturated rings. The molecule has 25 heavy (non-hydrogen) atoms. The highest BCUT2D eigenvalue weighted by Crippen LogP contribution is 2.32. The van der Waals surface area contributed by atoms with Gasteiger partial charge >= 0.3 is 0 Å². The number of carbonyl (C=O) groups excluding carboxylic acids is 1. The van der Waals surface area contributed by atoms with Crippen LogP contribution in [-0.4, -0.2) is 24.5 Å². The molecule has 0 aromatic heterocycles. The van der Waals surface area contributed by atoms with Gasteiger partial charge in [-0.3, -0.25) is 10.1 Å². The summed E-state index contributed by atoms with van der Waals surface area (Å²) in [6.45, 7) is 0.715. The van der Waals surface area contributed by atoms with Crippen molar-refractivity contribution >= 4 is 17.7 Å². The maximum Gasteiger partial charge on any atom is 0.238 e. The average Bonchev–Trinajstić information content (AvgIpc) is 3.15. The van der Waals surface area contributed by atoms with E-state index in [2.05, 4.69) is 22.8 Å². The van der Waals surface area contributed by atoms with Crippen LogP contribution in [0.15, 0.2) is 48.5 Å². The van der Waals surface area contributed by atoms with Crippen LogP contribution in [0, 0.1) is 5.75 Å². The first-order chi connectivity index (χ1) is 12.3. The van der Waals surface area contributed by atoms with Crippen LogP contribution in [0.25, 0.3) is 0 Å². The first-order valence-electron chi connectivity index (χ1n) is 8.22. The third kappa shape index (κ3) is 3.75. The van der Waals surface area contributed by atoms with Gasteiger partial charge in [0.25, 0.3) is 0 Å². The minimum absolute atomic E-state index is 0.0224. The van der Waals surface area contributed by atoms with Gasteiger partial charge in [0.2, 0.25) is 12.7 Å². The van der Waals surface area contributed by atoms with E-state index in [0.717, 1.165) is 22.8 Å². The molecule has 0 spiro atoms. The summed E-state index contributed by atoms with van der Waals surface area (Å²) in [6, 6.07) is 15.8. The maximum atomic E-state index is 12.5. The van der Waals surface area contributed by atoms with Gasteiger partial charge in [-0.2, -0.15) is 11.8 Å². The van der Waals surface area contributed by atoms with Crippen molar-refractivity contribution in [2.45, 2.75) is 18.6 Å². The van der Waals surface area contributed by atoms with E-state index in [9.17, 15) is 4.79 Å². The number of nitrogens with one attached hydrogen (secondary N) is 2. The molecule has 1 amide bonds. The molecule has 2 heterocycles. The fourth-order valence-corrected chi connectivity index (χ4v) is 3.90. The van der Waals surface area contributed by atoms with Crippen LogP contribution in [-0.2, 0) is 11.3 Å². The van der Waals surface area contributed by atoms with E-state index in [4.69, 9.17) is 9.47 Å². The van der Waals surface area contributed by atoms with Crippen LogP contribution in [0.4, 0.5) is 0 Å². The summed E-state index contributed by atoms with van der Waals surface area (Å²) in [5, 5.41) is 6.40. The molecule has 1 unspecified atom stereocenters. The van der Waals surface area contributed by atoms with E-state index in [0.29, 0.717) is 6.54 Å². The summed E-state index contributed by atoms with van der Waals surface area (Å²) in [6.07, 6.45) is 0. The van der Waals surface area contributed by atoms with Crippen LogP contribution >= 0.6 is 11.8 Å². The summed E-state index contributed by atoms with van der Waals surface area (Å²) in [5.74, 6) is 4.35. The Labute approximate surface area is 151 Å². The number of carbonyl (C=O) groups is 1. The first kappa shape index (κ1) is 16.3. The second-order valence-corrected chi connectivity index (χ2v) is 6.92. The molecule has 5 nitrogen and oxygen atoms in total. The van der Waals surface area contributed by atoms with Gasteiger partial charge in [0.1, 0.15) is 6.04 Å². The normalized spacial score (nSPS) is 21.8. The zero-order chi connectivity index (χ0) is 17.1. The molecule has 0 saturated carbocycles. The molecule has 2 atom stereocenters. The highest BCUT2D eigenvalue weighted by Gasteiger charge is 2.27. The van der Waals surface area contributed by atoms with Gasteiger partial charge in [-0.05, 0) is 23.3 Å². The van der Waals surface area contributed by atoms with Gasteiger partial charge in [-0.15, -0.1) is 0 Å². The lowest BCUT2D eigenvalue weighted by molar-refractivity contribution is -0.122. The summed E-state index contributed by atoms with van der Waals surface area (Å²) in [4.78, 5) is 12.5. The molecular weight excluding hydrogens is 336 g/mol. The molecular formula is C19H19N2O3S. The van der Waals surface area contributed by atoms with Gasteiger partial charge in [0.05, 0.1) is 0 Å². The van der Waals surface area contributed by atoms with Gasteiger partial charge in [-0.1, -0.05) is 36.4 Å². The Morgan fingerprint density at radius 3 is 2.88 bits per heavy atom. The highest BCUT2D eigenvalue weighted by molar-refractivity contribution is 8.01. The molecule has 1 radical (unpaired) electrons. The number of amides is 1. The van der Waals surface area contributed by atoms with E-state index < -0.39 is 0 Å². The summed E-state index contributed by atoms with van der Waals surface area (Å²) >= 11 is 1.69. The lowest BCUT2D eigenvalue weighted by atomic mass is 10.1. The minimum atomic E-state index is -0.307. The molecule has 2 N–H and O–H groups in total. The Balaban J connectivity index is 1.34. The molecule has 2 aromatic carbocycles. The quantitative estimate of drug-likeness (QED) is 0.883. The van der Waals surface area contributed by atoms with Crippen molar-refractivity contribution in [2.24, 2.45) is 0 Å². The van der Waals surface area contributed by atoms with Gasteiger partial charge in [-0.25, -0.2) is 0 Å². The third-order valence-electron chi connectivity index (χ3n) is 4.26. The topological polar surface area (TPSA) is 59.6 Å². The molecule has 129 valence electrons. The van der Waals surface area contributed by atoms with E-state index >= 15 is 0 Å². The van der Waals surface area contributed by atoms with Crippen LogP contribution in [0.2, 0.25) is 0 Å². The largest absolute Gasteiger partial charge is 0.454 e. The van der Waals surface area contributed by atoms with E-state index in [-0.39, 0.29) is 24.8 Å². The number of rotatable bonds is 4. The predicted octanol–water partition coefficient (Wildman–Crippen LogP) is 2.64. The summed E-state index contributed by atoms with van der Waals surface area (Å²) in [7, 11) is 0. The molecule has 2 aliphatic rings. The van der Waals surface area contributed by atoms with Gasteiger partial charge in [0, 0.05) is 24.1 Å². The lowest BCUT2D eigenvalue weighted by Gasteiger charge is -2.30. The van der Waals surface area contributed by atoms with Crippen molar-refractivity contribution in [2.75, 3.05) is 12.5 Å². The molecule has 6 heteroatoms. The van der Waals surface area contributed by atoms with Crippen molar-refractivity contribution < 1.29 is 14.3 Å². The van der Waals surface area contributed by atoms with Crippen LogP contribution in [0.1, 0.15) is 17.2 Å². The van der Waals surface area contributed by atoms with E-state index in [1.54, 1.807) is 11.8 Å². The number of hydrogen-bond acceptors (Lipinski definition) is 5. The van der Waals surface area contributed by atoms with Crippen LogP contribution in [0.3, 0.4) is 0 Å². The van der Waals surface area contributed by atoms with E-state index in [1.165, 1.54) is 5.56 Å². The molecule has 4 rings (SSSR count). The Morgan fingerprint density at radius 1 is 1.16 bits per heavy atom. The van der Waals surface area contributed by atoms with Crippen LogP contribution < -0.4 is 20.1 Å². The Morgan fingerprint density at radius 2 is 2.00 bits per heavy atom. The van der Waals surface area contributed by atoms with Crippen molar-refractivity contribution in [1.29, 1.82) is 0 Å². The molecule has 2 aromatic rings. The molecule has 2 aliphatic heterocycles. The monoisotopic (exact) mass is 355 g/mol. The van der Waals surface area contributed by atoms with Crippen LogP contribution in [0.5, 0.6) is 11.5 Å². The highest BCUT2D eigenvalue weighted by atomic mass is 32.2. The third-order valence-corrected chi connectivity index (χ3v) is 5.25. The molecule has 0 bridgehead atoms. The summed E-state index contributed by atoms with van der Waals surface area (Å²) in [5.41, 5.74) is 2.19. The van der Waals surface area contributed by atoms with Gasteiger partial charge < -0.3 is 14.8 Å².